The van der Waals surface area contributed by atoms with Crippen LogP contribution in [0.5, 0.6) is 17.2 Å². The average Bonchev–Trinajstić information content (AvgIpc) is 2.73. The lowest BCUT2D eigenvalue weighted by atomic mass is 10.1. The third kappa shape index (κ3) is 4.40. The number of methoxy groups -OCH3 is 2. The van der Waals surface area contributed by atoms with Crippen LogP contribution in [0, 0.1) is 6.92 Å². The van der Waals surface area contributed by atoms with Gasteiger partial charge in [0.25, 0.3) is 0 Å². The van der Waals surface area contributed by atoms with Crippen LogP contribution >= 0.6 is 0 Å². The molecule has 0 radical (unpaired) electrons. The molecule has 0 aliphatic carbocycles. The molecule has 1 heterocycles. The Morgan fingerprint density at radius 2 is 1.93 bits per heavy atom. The first-order valence-corrected chi connectivity index (χ1v) is 8.75. The molecular weight excluding hydrogens is 376 g/mol. The molecule has 0 atom stereocenters. The van der Waals surface area contributed by atoms with Crippen LogP contribution in [-0.4, -0.2) is 25.3 Å². The van der Waals surface area contributed by atoms with Crippen LogP contribution in [0.15, 0.2) is 51.7 Å². The Morgan fingerprint density at radius 3 is 2.66 bits per heavy atom. The number of hydrogen-bond acceptors (Lipinski definition) is 7. The fourth-order valence-corrected chi connectivity index (χ4v) is 2.85. The number of rotatable bonds is 6. The first kappa shape index (κ1) is 20.0. The summed E-state index contributed by atoms with van der Waals surface area (Å²) in [5.41, 5.74) is 1.29. The number of phenolic OH excluding ortho intramolecular Hbond substituents is 1. The minimum Gasteiger partial charge on any atom is -0.508 e. The molecule has 1 aromatic heterocycles. The van der Waals surface area contributed by atoms with Gasteiger partial charge in [-0.1, -0.05) is 0 Å². The summed E-state index contributed by atoms with van der Waals surface area (Å²) < 4.78 is 20.9. The summed E-state index contributed by atoms with van der Waals surface area (Å²) in [6.45, 7) is 1.52. The molecule has 0 amide bonds. The topological polar surface area (TPSA) is 95.2 Å². The molecule has 2 aromatic carbocycles. The maximum absolute atomic E-state index is 12.1. The molecule has 0 spiro atoms. The van der Waals surface area contributed by atoms with E-state index in [1.54, 1.807) is 44.4 Å². The minimum atomic E-state index is -0.587. The fraction of sp³-hybridized carbons (Fsp3) is 0.182. The Kier molecular flexibility index (Phi) is 5.87. The monoisotopic (exact) mass is 396 g/mol. The van der Waals surface area contributed by atoms with Gasteiger partial charge in [0.1, 0.15) is 29.4 Å². The van der Waals surface area contributed by atoms with Crippen molar-refractivity contribution in [3.05, 3.63) is 69.6 Å². The van der Waals surface area contributed by atoms with Crippen LogP contribution in [0.1, 0.15) is 16.7 Å². The number of carbonyl (C=O) groups is 1. The van der Waals surface area contributed by atoms with Crippen LogP contribution in [0.25, 0.3) is 17.0 Å². The van der Waals surface area contributed by atoms with E-state index in [9.17, 15) is 14.7 Å². The van der Waals surface area contributed by atoms with Crippen molar-refractivity contribution in [1.82, 2.24) is 0 Å². The van der Waals surface area contributed by atoms with Crippen molar-refractivity contribution in [1.29, 1.82) is 0 Å². The van der Waals surface area contributed by atoms with Crippen molar-refractivity contribution in [3.8, 4) is 17.2 Å². The van der Waals surface area contributed by atoms with Gasteiger partial charge in [0.05, 0.1) is 14.2 Å². The molecular formula is C22H20O7. The smallest absolute Gasteiger partial charge is 0.336 e. The Balaban J connectivity index is 1.77. The van der Waals surface area contributed by atoms with Gasteiger partial charge in [-0.15, -0.1) is 0 Å². The Bertz CT molecular complexity index is 1140. The molecule has 0 unspecified atom stereocenters. The molecule has 29 heavy (non-hydrogen) atoms. The van der Waals surface area contributed by atoms with Gasteiger partial charge in [0, 0.05) is 40.3 Å². The van der Waals surface area contributed by atoms with Crippen LogP contribution in [0.2, 0.25) is 0 Å². The fourth-order valence-electron chi connectivity index (χ4n) is 2.85. The van der Waals surface area contributed by atoms with Crippen molar-refractivity contribution in [2.45, 2.75) is 13.5 Å². The summed E-state index contributed by atoms with van der Waals surface area (Å²) in [6.07, 6.45) is 2.84. The molecule has 3 rings (SSSR count). The largest absolute Gasteiger partial charge is 0.508 e. The lowest BCUT2D eigenvalue weighted by Crippen LogP contribution is -2.06. The number of esters is 1. The zero-order valence-electron chi connectivity index (χ0n) is 16.2. The van der Waals surface area contributed by atoms with Gasteiger partial charge in [-0.2, -0.15) is 0 Å². The predicted molar refractivity (Wildman–Crippen MR) is 107 cm³/mol. The highest BCUT2D eigenvalue weighted by Gasteiger charge is 2.12. The van der Waals surface area contributed by atoms with E-state index in [4.69, 9.17) is 18.6 Å². The molecule has 0 aliphatic rings. The van der Waals surface area contributed by atoms with Gasteiger partial charge >= 0.3 is 11.6 Å². The zero-order valence-corrected chi connectivity index (χ0v) is 16.2. The first-order valence-electron chi connectivity index (χ1n) is 8.75. The van der Waals surface area contributed by atoms with E-state index in [0.29, 0.717) is 33.6 Å². The normalized spacial score (nSPS) is 11.0. The van der Waals surface area contributed by atoms with E-state index >= 15 is 0 Å². The summed E-state index contributed by atoms with van der Waals surface area (Å²) in [4.78, 5) is 24.0. The number of carbonyl (C=O) groups excluding carboxylic acids is 1. The molecule has 0 bridgehead atoms. The van der Waals surface area contributed by atoms with Gasteiger partial charge in [-0.05, 0) is 37.3 Å². The van der Waals surface area contributed by atoms with Gasteiger partial charge in [0.15, 0.2) is 0 Å². The van der Waals surface area contributed by atoms with E-state index in [2.05, 4.69) is 0 Å². The summed E-state index contributed by atoms with van der Waals surface area (Å²) in [7, 11) is 3.08. The number of benzene rings is 2. The molecule has 0 saturated heterocycles. The average molecular weight is 396 g/mol. The second-order valence-corrected chi connectivity index (χ2v) is 6.23. The maximum Gasteiger partial charge on any atom is 0.336 e. The summed E-state index contributed by atoms with van der Waals surface area (Å²) in [5.74, 6) is 0.624. The molecule has 150 valence electrons. The standard InChI is InChI=1S/C22H20O7/c1-13-18(23)8-7-17-15(10-21(25)29-22(13)17)12-28-20(24)9-5-14-4-6-16(26-2)11-19(14)27-3/h4-11,23H,12H2,1-3H3/b9-5+. The van der Waals surface area contributed by atoms with E-state index in [1.807, 2.05) is 0 Å². The van der Waals surface area contributed by atoms with Crippen LogP contribution in [0.4, 0.5) is 0 Å². The Morgan fingerprint density at radius 1 is 1.14 bits per heavy atom. The molecule has 7 heteroatoms. The van der Waals surface area contributed by atoms with E-state index in [-0.39, 0.29) is 17.9 Å². The molecule has 0 saturated carbocycles. The quantitative estimate of drug-likeness (QED) is 0.386. The summed E-state index contributed by atoms with van der Waals surface area (Å²) >= 11 is 0. The molecule has 0 fully saturated rings. The number of aromatic hydroxyl groups is 1. The van der Waals surface area contributed by atoms with Crippen molar-refractivity contribution >= 4 is 23.0 Å². The van der Waals surface area contributed by atoms with Crippen molar-refractivity contribution in [2.75, 3.05) is 14.2 Å². The number of ether oxygens (including phenoxy) is 3. The maximum atomic E-state index is 12.1. The lowest BCUT2D eigenvalue weighted by molar-refractivity contribution is -0.138. The molecule has 1 N–H and O–H groups in total. The number of fused-ring (bicyclic) bond motifs is 1. The highest BCUT2D eigenvalue weighted by molar-refractivity contribution is 5.88. The summed E-state index contributed by atoms with van der Waals surface area (Å²) in [6, 6.07) is 9.59. The highest BCUT2D eigenvalue weighted by Crippen LogP contribution is 2.28. The molecule has 0 aliphatic heterocycles. The van der Waals surface area contributed by atoms with E-state index in [0.717, 1.165) is 0 Å². The van der Waals surface area contributed by atoms with E-state index in [1.165, 1.54) is 25.3 Å². The van der Waals surface area contributed by atoms with Gasteiger partial charge in [-0.25, -0.2) is 9.59 Å². The van der Waals surface area contributed by atoms with Crippen LogP contribution < -0.4 is 15.1 Å². The highest BCUT2D eigenvalue weighted by atomic mass is 16.5. The summed E-state index contributed by atoms with van der Waals surface area (Å²) in [5, 5.41) is 10.4. The second kappa shape index (κ2) is 8.52. The lowest BCUT2D eigenvalue weighted by Gasteiger charge is -2.09. The van der Waals surface area contributed by atoms with Crippen LogP contribution in [0.3, 0.4) is 0 Å². The zero-order chi connectivity index (χ0) is 21.0. The SMILES string of the molecule is COc1ccc(/C=C/C(=O)OCc2cc(=O)oc3c(C)c(O)ccc23)c(OC)c1. The van der Waals surface area contributed by atoms with Crippen molar-refractivity contribution in [3.63, 3.8) is 0 Å². The van der Waals surface area contributed by atoms with Crippen molar-refractivity contribution < 1.29 is 28.5 Å². The second-order valence-electron chi connectivity index (χ2n) is 6.23. The number of hydrogen-bond donors (Lipinski definition) is 1. The molecule has 3 aromatic rings. The van der Waals surface area contributed by atoms with Gasteiger partial charge < -0.3 is 23.7 Å². The Hall–Kier alpha value is -3.74. The van der Waals surface area contributed by atoms with Crippen molar-refractivity contribution in [2.24, 2.45) is 0 Å². The van der Waals surface area contributed by atoms with E-state index < -0.39 is 11.6 Å². The third-order valence-corrected chi connectivity index (χ3v) is 4.43. The van der Waals surface area contributed by atoms with Gasteiger partial charge in [0.2, 0.25) is 0 Å². The molecule has 7 nitrogen and oxygen atoms in total. The number of phenols is 1. The van der Waals surface area contributed by atoms with Gasteiger partial charge in [-0.3, -0.25) is 0 Å². The first-order chi connectivity index (χ1) is 13.9. The minimum absolute atomic E-state index is 0.0196. The van der Waals surface area contributed by atoms with Crippen LogP contribution in [-0.2, 0) is 16.1 Å². The third-order valence-electron chi connectivity index (χ3n) is 4.43. The Labute approximate surface area is 166 Å². The number of aryl methyl sites for hydroxylation is 1. The predicted octanol–water partition coefficient (Wildman–Crippen LogP) is 3.58.